The fourth-order valence-electron chi connectivity index (χ4n) is 1.61. The van der Waals surface area contributed by atoms with Gasteiger partial charge in [-0.1, -0.05) is 61.2 Å². The van der Waals surface area contributed by atoms with Gasteiger partial charge in [0.25, 0.3) is 0 Å². The Morgan fingerprint density at radius 3 is 2.00 bits per heavy atom. The maximum atomic E-state index is 12.4. The fraction of sp³-hybridized carbons (Fsp3) is 0.0667. The lowest BCUT2D eigenvalue weighted by molar-refractivity contribution is 0.572. The molecular weight excluding hydrogens is 199 g/mol. The fourth-order valence-corrected chi connectivity index (χ4v) is 1.61. The molecule has 0 amide bonds. The second-order valence-corrected chi connectivity index (χ2v) is 3.68. The summed E-state index contributed by atoms with van der Waals surface area (Å²) in [4.78, 5) is 0. The van der Waals surface area contributed by atoms with Crippen LogP contribution in [-0.4, -0.2) is 6.67 Å². The molecule has 0 fully saturated rings. The smallest absolute Gasteiger partial charge is 0.115 e. The number of benzene rings is 2. The van der Waals surface area contributed by atoms with Gasteiger partial charge in [-0.3, -0.25) is 0 Å². The third-order valence-electron chi connectivity index (χ3n) is 2.56. The summed E-state index contributed by atoms with van der Waals surface area (Å²) in [6.07, 6.45) is 0. The van der Waals surface area contributed by atoms with Crippen LogP contribution >= 0.6 is 0 Å². The minimum absolute atomic E-state index is 0.495. The summed E-state index contributed by atoms with van der Waals surface area (Å²) < 4.78 is 12.4. The molecule has 0 heterocycles. The van der Waals surface area contributed by atoms with E-state index < -0.39 is 6.67 Å². The minimum Gasteiger partial charge on any atom is -0.246 e. The summed E-state index contributed by atoms with van der Waals surface area (Å²) in [5.74, 6) is 0. The van der Waals surface area contributed by atoms with Gasteiger partial charge in [0.1, 0.15) is 6.67 Å². The molecule has 0 unspecified atom stereocenters. The van der Waals surface area contributed by atoms with Crippen molar-refractivity contribution in [1.29, 1.82) is 0 Å². The molecule has 0 spiro atoms. The van der Waals surface area contributed by atoms with E-state index in [-0.39, 0.29) is 0 Å². The molecule has 2 rings (SSSR count). The van der Waals surface area contributed by atoms with Crippen LogP contribution in [0.1, 0.15) is 5.56 Å². The highest BCUT2D eigenvalue weighted by Gasteiger charge is 1.99. The van der Waals surface area contributed by atoms with Gasteiger partial charge in [-0.05, 0) is 22.3 Å². The summed E-state index contributed by atoms with van der Waals surface area (Å²) in [5, 5.41) is 0. The number of hydrogen-bond acceptors (Lipinski definition) is 0. The second kappa shape index (κ2) is 4.75. The molecule has 0 aromatic heterocycles. The van der Waals surface area contributed by atoms with Crippen LogP contribution in [0.25, 0.3) is 16.7 Å². The molecule has 2 aromatic carbocycles. The standard InChI is InChI=1S/C15H13F/c1-12(11-16)13-7-9-15(10-8-13)14-5-3-2-4-6-14/h2-10H,1,11H2. The Hall–Kier alpha value is -1.89. The van der Waals surface area contributed by atoms with E-state index in [0.717, 1.165) is 11.1 Å². The van der Waals surface area contributed by atoms with Crippen molar-refractivity contribution >= 4 is 5.57 Å². The van der Waals surface area contributed by atoms with Crippen molar-refractivity contribution in [3.63, 3.8) is 0 Å². The largest absolute Gasteiger partial charge is 0.246 e. The zero-order valence-corrected chi connectivity index (χ0v) is 8.99. The average molecular weight is 212 g/mol. The van der Waals surface area contributed by atoms with E-state index in [1.54, 1.807) is 0 Å². The molecule has 0 nitrogen and oxygen atoms in total. The second-order valence-electron chi connectivity index (χ2n) is 3.68. The number of hydrogen-bond donors (Lipinski definition) is 0. The van der Waals surface area contributed by atoms with E-state index in [0.29, 0.717) is 5.57 Å². The molecule has 0 radical (unpaired) electrons. The van der Waals surface area contributed by atoms with Crippen LogP contribution in [0, 0.1) is 0 Å². The van der Waals surface area contributed by atoms with Gasteiger partial charge in [0.2, 0.25) is 0 Å². The van der Waals surface area contributed by atoms with Gasteiger partial charge >= 0.3 is 0 Å². The maximum absolute atomic E-state index is 12.4. The molecule has 1 heteroatoms. The zero-order valence-electron chi connectivity index (χ0n) is 8.99. The molecule has 0 bridgehead atoms. The van der Waals surface area contributed by atoms with Crippen molar-refractivity contribution in [2.75, 3.05) is 6.67 Å². The van der Waals surface area contributed by atoms with Crippen LogP contribution < -0.4 is 0 Å². The van der Waals surface area contributed by atoms with Gasteiger partial charge in [-0.25, -0.2) is 4.39 Å². The van der Waals surface area contributed by atoms with Crippen molar-refractivity contribution in [1.82, 2.24) is 0 Å². The molecule has 80 valence electrons. The van der Waals surface area contributed by atoms with E-state index in [1.165, 1.54) is 5.56 Å². The van der Waals surface area contributed by atoms with Crippen molar-refractivity contribution in [2.45, 2.75) is 0 Å². The number of halogens is 1. The van der Waals surface area contributed by atoms with E-state index in [2.05, 4.69) is 18.7 Å². The Morgan fingerprint density at radius 1 is 0.875 bits per heavy atom. The van der Waals surface area contributed by atoms with Gasteiger partial charge in [0.05, 0.1) is 0 Å². The SMILES string of the molecule is C=C(CF)c1ccc(-c2ccccc2)cc1. The lowest BCUT2D eigenvalue weighted by atomic mass is 10.0. The van der Waals surface area contributed by atoms with E-state index in [4.69, 9.17) is 0 Å². The highest BCUT2D eigenvalue weighted by atomic mass is 19.1. The third-order valence-corrected chi connectivity index (χ3v) is 2.56. The molecule has 0 aliphatic carbocycles. The zero-order chi connectivity index (χ0) is 11.4. The van der Waals surface area contributed by atoms with Crippen LogP contribution in [0.3, 0.4) is 0 Å². The van der Waals surface area contributed by atoms with Gasteiger partial charge in [-0.2, -0.15) is 0 Å². The first-order chi connectivity index (χ1) is 7.81. The predicted octanol–water partition coefficient (Wildman–Crippen LogP) is 4.34. The Balaban J connectivity index is 2.30. The Morgan fingerprint density at radius 2 is 1.44 bits per heavy atom. The Bertz CT molecular complexity index is 469. The molecule has 0 N–H and O–H groups in total. The molecule has 0 saturated carbocycles. The lowest BCUT2D eigenvalue weighted by Gasteiger charge is -2.04. The van der Waals surface area contributed by atoms with Crippen molar-refractivity contribution < 1.29 is 4.39 Å². The summed E-state index contributed by atoms with van der Waals surface area (Å²) in [6, 6.07) is 17.9. The number of rotatable bonds is 3. The summed E-state index contributed by atoms with van der Waals surface area (Å²) in [5.41, 5.74) is 3.69. The van der Waals surface area contributed by atoms with Gasteiger partial charge < -0.3 is 0 Å². The van der Waals surface area contributed by atoms with E-state index in [1.807, 2.05) is 42.5 Å². The van der Waals surface area contributed by atoms with E-state index in [9.17, 15) is 4.39 Å². The molecule has 16 heavy (non-hydrogen) atoms. The van der Waals surface area contributed by atoms with Crippen molar-refractivity contribution in [2.24, 2.45) is 0 Å². The summed E-state index contributed by atoms with van der Waals surface area (Å²) >= 11 is 0. The predicted molar refractivity (Wildman–Crippen MR) is 66.9 cm³/mol. The van der Waals surface area contributed by atoms with Crippen LogP contribution in [0.2, 0.25) is 0 Å². The first kappa shape index (κ1) is 10.6. The molecule has 0 aliphatic rings. The van der Waals surface area contributed by atoms with Crippen LogP contribution in [-0.2, 0) is 0 Å². The Labute approximate surface area is 95.1 Å². The maximum Gasteiger partial charge on any atom is 0.115 e. The first-order valence-corrected chi connectivity index (χ1v) is 5.21. The van der Waals surface area contributed by atoms with Gasteiger partial charge in [0.15, 0.2) is 0 Å². The molecule has 0 aliphatic heterocycles. The number of alkyl halides is 1. The normalized spacial score (nSPS) is 10.1. The van der Waals surface area contributed by atoms with Crippen molar-refractivity contribution in [3.8, 4) is 11.1 Å². The highest BCUT2D eigenvalue weighted by Crippen LogP contribution is 2.21. The van der Waals surface area contributed by atoms with Gasteiger partial charge in [0, 0.05) is 0 Å². The quantitative estimate of drug-likeness (QED) is 0.710. The average Bonchev–Trinajstić information content (AvgIpc) is 2.39. The van der Waals surface area contributed by atoms with Crippen LogP contribution in [0.5, 0.6) is 0 Å². The molecule has 0 atom stereocenters. The van der Waals surface area contributed by atoms with E-state index >= 15 is 0 Å². The first-order valence-electron chi connectivity index (χ1n) is 5.21. The van der Waals surface area contributed by atoms with Crippen LogP contribution in [0.4, 0.5) is 4.39 Å². The third kappa shape index (κ3) is 2.19. The minimum atomic E-state index is -0.495. The number of allylic oxidation sites excluding steroid dienone is 1. The summed E-state index contributed by atoms with van der Waals surface area (Å²) in [6.45, 7) is 3.18. The monoisotopic (exact) mass is 212 g/mol. The van der Waals surface area contributed by atoms with Crippen LogP contribution in [0.15, 0.2) is 61.2 Å². The topological polar surface area (TPSA) is 0 Å². The Kier molecular flexibility index (Phi) is 3.16. The molecule has 2 aromatic rings. The molecule has 0 saturated heterocycles. The summed E-state index contributed by atoms with van der Waals surface area (Å²) in [7, 11) is 0. The highest BCUT2D eigenvalue weighted by molar-refractivity contribution is 5.69. The van der Waals surface area contributed by atoms with Gasteiger partial charge in [-0.15, -0.1) is 0 Å². The lowest BCUT2D eigenvalue weighted by Crippen LogP contribution is -1.84. The van der Waals surface area contributed by atoms with Crippen molar-refractivity contribution in [3.05, 3.63) is 66.7 Å². The molecular formula is C15H13F.